The van der Waals surface area contributed by atoms with Crippen LogP contribution in [-0.4, -0.2) is 33.3 Å². The van der Waals surface area contributed by atoms with E-state index in [1.807, 2.05) is 20.8 Å². The number of hydrogen-bond donors (Lipinski definition) is 1. The Morgan fingerprint density at radius 1 is 1.35 bits per heavy atom. The minimum atomic E-state index is -1.29. The van der Waals surface area contributed by atoms with E-state index in [2.05, 4.69) is 0 Å². The van der Waals surface area contributed by atoms with Crippen molar-refractivity contribution >= 4 is 28.7 Å². The third kappa shape index (κ3) is 3.47. The van der Waals surface area contributed by atoms with E-state index in [0.717, 1.165) is 10.8 Å². The SMILES string of the molecule is CC(C)(C)COC(=O)c1cn(C(=O)O)c2ccc([N+](=O)[O-])cc12. The highest BCUT2D eigenvalue weighted by molar-refractivity contribution is 6.07. The van der Waals surface area contributed by atoms with E-state index in [9.17, 15) is 24.8 Å². The van der Waals surface area contributed by atoms with Crippen LogP contribution in [0.15, 0.2) is 24.4 Å². The van der Waals surface area contributed by atoms with E-state index in [1.165, 1.54) is 18.2 Å². The minimum absolute atomic E-state index is 0.0182. The Morgan fingerprint density at radius 3 is 2.52 bits per heavy atom. The molecular formula is C15H16N2O6. The van der Waals surface area contributed by atoms with Crippen molar-refractivity contribution in [2.24, 2.45) is 5.41 Å². The van der Waals surface area contributed by atoms with E-state index >= 15 is 0 Å². The van der Waals surface area contributed by atoms with Gasteiger partial charge in [0, 0.05) is 23.7 Å². The summed E-state index contributed by atoms with van der Waals surface area (Å²) in [5, 5.41) is 20.2. The van der Waals surface area contributed by atoms with E-state index < -0.39 is 17.0 Å². The lowest BCUT2D eigenvalue weighted by molar-refractivity contribution is -0.384. The van der Waals surface area contributed by atoms with Crippen LogP contribution in [0.3, 0.4) is 0 Å². The molecule has 0 fully saturated rings. The van der Waals surface area contributed by atoms with Crippen LogP contribution >= 0.6 is 0 Å². The highest BCUT2D eigenvalue weighted by atomic mass is 16.6. The van der Waals surface area contributed by atoms with E-state index in [-0.39, 0.29) is 34.2 Å². The highest BCUT2D eigenvalue weighted by Gasteiger charge is 2.23. The highest BCUT2D eigenvalue weighted by Crippen LogP contribution is 2.27. The summed E-state index contributed by atoms with van der Waals surface area (Å²) < 4.78 is 6.02. The number of esters is 1. The molecule has 1 N–H and O–H groups in total. The van der Waals surface area contributed by atoms with Gasteiger partial charge >= 0.3 is 12.1 Å². The van der Waals surface area contributed by atoms with Crippen LogP contribution < -0.4 is 0 Å². The normalized spacial score (nSPS) is 11.4. The first-order chi connectivity index (χ1) is 10.6. The first-order valence-electron chi connectivity index (χ1n) is 6.80. The van der Waals surface area contributed by atoms with Crippen molar-refractivity contribution in [2.75, 3.05) is 6.61 Å². The van der Waals surface area contributed by atoms with Gasteiger partial charge in [0.1, 0.15) is 0 Å². The molecule has 0 atom stereocenters. The average molecular weight is 320 g/mol. The van der Waals surface area contributed by atoms with Crippen LogP contribution in [-0.2, 0) is 4.74 Å². The number of benzene rings is 1. The van der Waals surface area contributed by atoms with Crippen molar-refractivity contribution in [1.82, 2.24) is 4.57 Å². The lowest BCUT2D eigenvalue weighted by atomic mass is 9.99. The number of nitrogens with zero attached hydrogens (tertiary/aromatic N) is 2. The number of ether oxygens (including phenoxy) is 1. The number of nitro benzene ring substituents is 1. The van der Waals surface area contributed by atoms with Crippen molar-refractivity contribution in [2.45, 2.75) is 20.8 Å². The largest absolute Gasteiger partial charge is 0.464 e. The predicted molar refractivity (Wildman–Crippen MR) is 81.8 cm³/mol. The molecule has 0 saturated heterocycles. The third-order valence-electron chi connectivity index (χ3n) is 3.06. The van der Waals surface area contributed by atoms with Gasteiger partial charge < -0.3 is 9.84 Å². The standard InChI is InChI=1S/C15H16N2O6/c1-15(2,3)8-23-13(18)11-7-16(14(19)20)12-5-4-9(17(21)22)6-10(11)12/h4-7H,8H2,1-3H3,(H,19,20). The Bertz CT molecular complexity index is 800. The van der Waals surface area contributed by atoms with E-state index in [1.54, 1.807) is 0 Å². The maximum Gasteiger partial charge on any atom is 0.416 e. The lowest BCUT2D eigenvalue weighted by Gasteiger charge is -2.17. The number of carboxylic acid groups (broad SMARTS) is 1. The zero-order valence-corrected chi connectivity index (χ0v) is 12.9. The molecule has 0 amide bonds. The molecule has 0 bridgehead atoms. The Balaban J connectivity index is 2.53. The first-order valence-corrected chi connectivity index (χ1v) is 6.80. The summed E-state index contributed by atoms with van der Waals surface area (Å²) >= 11 is 0. The minimum Gasteiger partial charge on any atom is -0.464 e. The number of nitro groups is 1. The van der Waals surface area contributed by atoms with Crippen LogP contribution in [0.2, 0.25) is 0 Å². The van der Waals surface area contributed by atoms with Crippen LogP contribution in [0.4, 0.5) is 10.5 Å². The molecule has 0 aliphatic carbocycles. The summed E-state index contributed by atoms with van der Waals surface area (Å²) in [6.07, 6.45) is -0.180. The van der Waals surface area contributed by atoms with Crippen LogP contribution in [0.1, 0.15) is 31.1 Å². The van der Waals surface area contributed by atoms with Crippen molar-refractivity contribution in [3.05, 3.63) is 40.1 Å². The van der Waals surface area contributed by atoms with Gasteiger partial charge in [0.2, 0.25) is 0 Å². The fourth-order valence-corrected chi connectivity index (χ4v) is 2.01. The maximum absolute atomic E-state index is 12.2. The Morgan fingerprint density at radius 2 is 2.00 bits per heavy atom. The molecule has 8 nitrogen and oxygen atoms in total. The summed E-state index contributed by atoms with van der Waals surface area (Å²) in [5.41, 5.74) is -0.320. The fourth-order valence-electron chi connectivity index (χ4n) is 2.01. The summed E-state index contributed by atoms with van der Waals surface area (Å²) in [7, 11) is 0. The topological polar surface area (TPSA) is 112 Å². The smallest absolute Gasteiger partial charge is 0.416 e. The molecule has 0 saturated carbocycles. The first kappa shape index (κ1) is 16.5. The predicted octanol–water partition coefficient (Wildman–Crippen LogP) is 3.28. The summed E-state index contributed by atoms with van der Waals surface area (Å²) in [4.78, 5) is 33.8. The molecular weight excluding hydrogens is 304 g/mol. The van der Waals surface area contributed by atoms with Gasteiger partial charge in [-0.25, -0.2) is 9.59 Å². The van der Waals surface area contributed by atoms with Gasteiger partial charge in [-0.1, -0.05) is 20.8 Å². The summed E-state index contributed by atoms with van der Waals surface area (Å²) in [6.45, 7) is 5.78. The van der Waals surface area contributed by atoms with Gasteiger partial charge in [-0.15, -0.1) is 0 Å². The fraction of sp³-hybridized carbons (Fsp3) is 0.333. The molecule has 23 heavy (non-hydrogen) atoms. The monoisotopic (exact) mass is 320 g/mol. The molecule has 0 aliphatic heterocycles. The molecule has 8 heteroatoms. The zero-order chi connectivity index (χ0) is 17.4. The van der Waals surface area contributed by atoms with Crippen molar-refractivity contribution < 1.29 is 24.4 Å². The second kappa shape index (κ2) is 5.71. The Kier molecular flexibility index (Phi) is 4.09. The van der Waals surface area contributed by atoms with E-state index in [0.29, 0.717) is 0 Å². The second-order valence-corrected chi connectivity index (χ2v) is 6.29. The summed E-state index contributed by atoms with van der Waals surface area (Å²) in [5.74, 6) is -0.717. The average Bonchev–Trinajstić information content (AvgIpc) is 2.82. The van der Waals surface area contributed by atoms with Crippen LogP contribution in [0.5, 0.6) is 0 Å². The van der Waals surface area contributed by atoms with Gasteiger partial charge in [-0.2, -0.15) is 0 Å². The molecule has 0 spiro atoms. The molecule has 0 aliphatic rings. The summed E-state index contributed by atoms with van der Waals surface area (Å²) in [6, 6.07) is 3.65. The van der Waals surface area contributed by atoms with Gasteiger partial charge in [-0.05, 0) is 11.5 Å². The number of hydrogen-bond acceptors (Lipinski definition) is 5. The van der Waals surface area contributed by atoms with Crippen LogP contribution in [0.25, 0.3) is 10.9 Å². The van der Waals surface area contributed by atoms with E-state index in [4.69, 9.17) is 4.74 Å². The molecule has 122 valence electrons. The zero-order valence-electron chi connectivity index (χ0n) is 12.9. The molecule has 0 unspecified atom stereocenters. The number of rotatable bonds is 3. The van der Waals surface area contributed by atoms with Crippen molar-refractivity contribution in [1.29, 1.82) is 0 Å². The number of non-ortho nitro benzene ring substituents is 1. The lowest BCUT2D eigenvalue weighted by Crippen LogP contribution is -2.18. The molecule has 1 aromatic heterocycles. The van der Waals surface area contributed by atoms with Crippen molar-refractivity contribution in [3.8, 4) is 0 Å². The van der Waals surface area contributed by atoms with Gasteiger partial charge in [0.25, 0.3) is 5.69 Å². The molecule has 0 radical (unpaired) electrons. The van der Waals surface area contributed by atoms with Gasteiger partial charge in [0.15, 0.2) is 0 Å². The second-order valence-electron chi connectivity index (χ2n) is 6.29. The van der Waals surface area contributed by atoms with Gasteiger partial charge in [0.05, 0.1) is 22.6 Å². The Labute approximate surface area is 131 Å². The molecule has 1 heterocycles. The molecule has 2 aromatic rings. The van der Waals surface area contributed by atoms with Crippen molar-refractivity contribution in [3.63, 3.8) is 0 Å². The number of carbonyl (C=O) groups excluding carboxylic acids is 1. The maximum atomic E-state index is 12.2. The quantitative estimate of drug-likeness (QED) is 0.527. The number of aromatic nitrogens is 1. The number of carbonyl (C=O) groups is 2. The molecule has 1 aromatic carbocycles. The Hall–Kier alpha value is -2.90. The number of fused-ring (bicyclic) bond motifs is 1. The van der Waals surface area contributed by atoms with Gasteiger partial charge in [-0.3, -0.25) is 14.7 Å². The molecule has 2 rings (SSSR count). The third-order valence-corrected chi connectivity index (χ3v) is 3.06. The van der Waals surface area contributed by atoms with Crippen LogP contribution in [0, 0.1) is 15.5 Å².